The number of aromatic amines is 1. The first-order valence-corrected chi connectivity index (χ1v) is 10.5. The second-order valence-electron chi connectivity index (χ2n) is 8.65. The van der Waals surface area contributed by atoms with Crippen molar-refractivity contribution in [1.82, 2.24) is 9.88 Å². The minimum Gasteiger partial charge on any atom is -0.360 e. The highest BCUT2D eigenvalue weighted by molar-refractivity contribution is 5.96. The molecule has 4 rings (SSSR count). The van der Waals surface area contributed by atoms with Crippen molar-refractivity contribution in [3.05, 3.63) is 53.2 Å². The Labute approximate surface area is 176 Å². The molecule has 3 aromatic rings. The molecule has 0 spiro atoms. The number of aryl methyl sites for hydroxylation is 1. The van der Waals surface area contributed by atoms with Crippen LogP contribution in [0.3, 0.4) is 0 Å². The molecule has 0 saturated heterocycles. The predicted molar refractivity (Wildman–Crippen MR) is 117 cm³/mol. The number of fused-ring (bicyclic) bond motifs is 2. The van der Waals surface area contributed by atoms with Gasteiger partial charge in [-0.2, -0.15) is 0 Å². The molecule has 0 bridgehead atoms. The maximum atomic E-state index is 15.9. The zero-order valence-electron chi connectivity index (χ0n) is 18.2. The Kier molecular flexibility index (Phi) is 5.11. The molecule has 0 radical (unpaired) electrons. The topological polar surface area (TPSA) is 42.5 Å². The van der Waals surface area contributed by atoms with E-state index < -0.39 is 17.2 Å². The molecular formula is C24H29F2N3O. The predicted octanol–water partition coefficient (Wildman–Crippen LogP) is 5.66. The zero-order valence-corrected chi connectivity index (χ0v) is 18.2. The van der Waals surface area contributed by atoms with Crippen LogP contribution in [0.25, 0.3) is 22.0 Å². The van der Waals surface area contributed by atoms with Crippen molar-refractivity contribution in [3.63, 3.8) is 0 Å². The third-order valence-electron chi connectivity index (χ3n) is 6.73. The second kappa shape index (κ2) is 7.36. The van der Waals surface area contributed by atoms with Crippen molar-refractivity contribution in [2.24, 2.45) is 0 Å². The minimum atomic E-state index is -0.685. The van der Waals surface area contributed by atoms with Crippen LogP contribution < -0.4 is 5.06 Å². The monoisotopic (exact) mass is 413 g/mol. The summed E-state index contributed by atoms with van der Waals surface area (Å²) in [7, 11) is 0. The molecule has 2 N–H and O–H groups in total. The quantitative estimate of drug-likeness (QED) is 0.580. The molecule has 160 valence electrons. The van der Waals surface area contributed by atoms with Crippen molar-refractivity contribution in [1.29, 1.82) is 0 Å². The second-order valence-corrected chi connectivity index (χ2v) is 8.65. The Morgan fingerprint density at radius 1 is 1.23 bits per heavy atom. The smallest absolute Gasteiger partial charge is 0.139 e. The largest absolute Gasteiger partial charge is 0.360 e. The molecule has 0 aliphatic carbocycles. The number of hydroxylamine groups is 1. The van der Waals surface area contributed by atoms with Crippen LogP contribution in [-0.4, -0.2) is 39.8 Å². The van der Waals surface area contributed by atoms with E-state index in [2.05, 4.69) is 23.7 Å². The van der Waals surface area contributed by atoms with Crippen molar-refractivity contribution in [3.8, 4) is 11.1 Å². The van der Waals surface area contributed by atoms with Crippen molar-refractivity contribution in [2.75, 3.05) is 18.2 Å². The van der Waals surface area contributed by atoms with Crippen LogP contribution >= 0.6 is 0 Å². The van der Waals surface area contributed by atoms with E-state index in [0.717, 1.165) is 29.1 Å². The van der Waals surface area contributed by atoms with Crippen molar-refractivity contribution >= 4 is 16.6 Å². The van der Waals surface area contributed by atoms with Gasteiger partial charge in [0.25, 0.3) is 0 Å². The number of para-hydroxylation sites is 1. The summed E-state index contributed by atoms with van der Waals surface area (Å²) in [6.45, 7) is 11.4. The molecule has 0 amide bonds. The number of aromatic nitrogens is 1. The standard InChI is InChI=1S/C24H29F2N3O/c1-6-28(7-2)20-11-17-19(29(30)24(20,4)5)12-18(25)21(22(17)26)16-10-8-9-15-14(3)13-27-23(15)16/h8-10,12-13,20,27,30H,6-7,11H2,1-5H3/t20-/m0/s1. The first-order chi connectivity index (χ1) is 14.2. The Balaban J connectivity index is 1.94. The van der Waals surface area contributed by atoms with E-state index in [-0.39, 0.29) is 17.3 Å². The van der Waals surface area contributed by atoms with Gasteiger partial charge in [0.2, 0.25) is 0 Å². The third-order valence-corrected chi connectivity index (χ3v) is 6.73. The van der Waals surface area contributed by atoms with Gasteiger partial charge in [-0.1, -0.05) is 32.0 Å². The van der Waals surface area contributed by atoms with Gasteiger partial charge in [-0.25, -0.2) is 13.8 Å². The van der Waals surface area contributed by atoms with Gasteiger partial charge in [-0.3, -0.25) is 10.1 Å². The number of benzene rings is 2. The molecule has 1 aromatic heterocycles. The molecule has 1 atom stereocenters. The number of nitrogens with zero attached hydrogens (tertiary/aromatic N) is 2. The lowest BCUT2D eigenvalue weighted by atomic mass is 9.81. The minimum absolute atomic E-state index is 0.0485. The van der Waals surface area contributed by atoms with E-state index in [0.29, 0.717) is 23.1 Å². The third kappa shape index (κ3) is 2.93. The van der Waals surface area contributed by atoms with E-state index in [1.165, 1.54) is 6.07 Å². The van der Waals surface area contributed by atoms with Gasteiger partial charge in [0.15, 0.2) is 0 Å². The molecule has 1 aliphatic rings. The van der Waals surface area contributed by atoms with E-state index in [9.17, 15) is 5.21 Å². The summed E-state index contributed by atoms with van der Waals surface area (Å²) in [5, 5.41) is 12.9. The van der Waals surface area contributed by atoms with Gasteiger partial charge < -0.3 is 4.98 Å². The summed E-state index contributed by atoms with van der Waals surface area (Å²) < 4.78 is 31.2. The van der Waals surface area contributed by atoms with Crippen LogP contribution in [0.2, 0.25) is 0 Å². The van der Waals surface area contributed by atoms with E-state index in [4.69, 9.17) is 0 Å². The Morgan fingerprint density at radius 2 is 1.93 bits per heavy atom. The molecule has 0 unspecified atom stereocenters. The number of anilines is 1. The average molecular weight is 414 g/mol. The fourth-order valence-corrected chi connectivity index (χ4v) is 4.92. The van der Waals surface area contributed by atoms with Crippen LogP contribution in [0.15, 0.2) is 30.5 Å². The number of hydrogen-bond acceptors (Lipinski definition) is 3. The Bertz CT molecular complexity index is 1100. The zero-order chi connectivity index (χ0) is 21.8. The fraction of sp³-hybridized carbons (Fsp3) is 0.417. The van der Waals surface area contributed by atoms with Crippen molar-refractivity contribution in [2.45, 2.75) is 52.6 Å². The number of H-pyrrole nitrogens is 1. The lowest BCUT2D eigenvalue weighted by molar-refractivity contribution is 0.0636. The molecule has 0 fully saturated rings. The molecule has 2 aromatic carbocycles. The van der Waals surface area contributed by atoms with E-state index in [1.54, 1.807) is 6.07 Å². The highest BCUT2D eigenvalue weighted by atomic mass is 19.1. The van der Waals surface area contributed by atoms with Crippen molar-refractivity contribution < 1.29 is 14.0 Å². The van der Waals surface area contributed by atoms with Crippen LogP contribution in [0.5, 0.6) is 0 Å². The molecule has 2 heterocycles. The number of nitrogens with one attached hydrogen (secondary N) is 1. The number of halogens is 2. The number of likely N-dealkylation sites (N-methyl/N-ethyl adjacent to an activating group) is 1. The molecule has 1 aliphatic heterocycles. The van der Waals surface area contributed by atoms with Crippen LogP contribution in [-0.2, 0) is 6.42 Å². The molecular weight excluding hydrogens is 384 g/mol. The molecule has 6 heteroatoms. The Morgan fingerprint density at radius 3 is 2.60 bits per heavy atom. The number of rotatable bonds is 4. The lowest BCUT2D eigenvalue weighted by Gasteiger charge is -2.50. The highest BCUT2D eigenvalue weighted by Gasteiger charge is 2.45. The molecule has 30 heavy (non-hydrogen) atoms. The molecule has 4 nitrogen and oxygen atoms in total. The lowest BCUT2D eigenvalue weighted by Crippen LogP contribution is -2.61. The van der Waals surface area contributed by atoms with Gasteiger partial charge in [-0.15, -0.1) is 0 Å². The fourth-order valence-electron chi connectivity index (χ4n) is 4.92. The van der Waals surface area contributed by atoms with Gasteiger partial charge in [0, 0.05) is 34.8 Å². The summed E-state index contributed by atoms with van der Waals surface area (Å²) in [4.78, 5) is 5.37. The molecule has 0 saturated carbocycles. The first kappa shape index (κ1) is 20.8. The first-order valence-electron chi connectivity index (χ1n) is 10.5. The van der Waals surface area contributed by atoms with E-state index >= 15 is 8.78 Å². The maximum Gasteiger partial charge on any atom is 0.139 e. The van der Waals surface area contributed by atoms with Crippen LogP contribution in [0.4, 0.5) is 14.5 Å². The SMILES string of the molecule is CCN(CC)[C@H]1Cc2c(cc(F)c(-c3cccc4c(C)c[nH]c34)c2F)N(O)C1(C)C. The van der Waals surface area contributed by atoms with E-state index in [1.807, 2.05) is 39.1 Å². The number of hydrogen-bond donors (Lipinski definition) is 2. The Hall–Kier alpha value is -2.44. The van der Waals surface area contributed by atoms with Gasteiger partial charge in [0.05, 0.1) is 22.3 Å². The van der Waals surface area contributed by atoms with Gasteiger partial charge in [0.1, 0.15) is 11.6 Å². The van der Waals surface area contributed by atoms with Crippen LogP contribution in [0.1, 0.15) is 38.8 Å². The summed E-state index contributed by atoms with van der Waals surface area (Å²) in [5.74, 6) is -1.28. The summed E-state index contributed by atoms with van der Waals surface area (Å²) >= 11 is 0. The summed E-state index contributed by atoms with van der Waals surface area (Å²) in [6, 6.07) is 6.64. The normalized spacial score (nSPS) is 18.3. The maximum absolute atomic E-state index is 15.9. The summed E-state index contributed by atoms with van der Waals surface area (Å²) in [5.41, 5.74) is 2.05. The van der Waals surface area contributed by atoms with Gasteiger partial charge >= 0.3 is 0 Å². The van der Waals surface area contributed by atoms with Gasteiger partial charge in [-0.05, 0) is 45.8 Å². The summed E-state index contributed by atoms with van der Waals surface area (Å²) in [6.07, 6.45) is 2.25. The average Bonchev–Trinajstić information content (AvgIpc) is 3.09. The highest BCUT2D eigenvalue weighted by Crippen LogP contribution is 2.43. The van der Waals surface area contributed by atoms with Crippen LogP contribution in [0, 0.1) is 18.6 Å².